The van der Waals surface area contributed by atoms with Crippen LogP contribution in [0.4, 0.5) is 0 Å². The lowest BCUT2D eigenvalue weighted by atomic mass is 10.2. The number of aromatic amines is 1. The average Bonchev–Trinajstić information content (AvgIpc) is 3.18. The quantitative estimate of drug-likeness (QED) is 0.605. The lowest BCUT2D eigenvalue weighted by Gasteiger charge is -1.89. The van der Waals surface area contributed by atoms with Gasteiger partial charge in [0.1, 0.15) is 11.4 Å². The van der Waals surface area contributed by atoms with Crippen molar-refractivity contribution in [1.29, 1.82) is 0 Å². The second-order valence-electron chi connectivity index (χ2n) is 4.06. The Bertz CT molecular complexity index is 831. The van der Waals surface area contributed by atoms with E-state index in [1.807, 2.05) is 30.3 Å². The largest absolute Gasteiger partial charge is 0.354 e. The van der Waals surface area contributed by atoms with Gasteiger partial charge in [0.05, 0.1) is 15.9 Å². The molecule has 0 bridgehead atoms. The van der Waals surface area contributed by atoms with Crippen molar-refractivity contribution in [2.75, 3.05) is 0 Å². The fourth-order valence-corrected chi connectivity index (χ4v) is 2.57. The Morgan fingerprint density at radius 1 is 1.21 bits per heavy atom. The van der Waals surface area contributed by atoms with Crippen molar-refractivity contribution in [3.05, 3.63) is 42.0 Å². The number of rotatable bonds is 2. The van der Waals surface area contributed by atoms with Crippen LogP contribution < -0.4 is 0 Å². The highest BCUT2D eigenvalue weighted by molar-refractivity contribution is 7.13. The number of fused-ring (bicyclic) bond motifs is 1. The minimum absolute atomic E-state index is 0.654. The summed E-state index contributed by atoms with van der Waals surface area (Å²) in [6.07, 6.45) is 1.77. The Morgan fingerprint density at radius 2 is 2.16 bits per heavy atom. The molecule has 0 radical (unpaired) electrons. The summed E-state index contributed by atoms with van der Waals surface area (Å²) in [5.41, 5.74) is 4.31. The molecule has 0 aliphatic heterocycles. The zero-order valence-corrected chi connectivity index (χ0v) is 10.5. The molecule has 3 heterocycles. The van der Waals surface area contributed by atoms with Gasteiger partial charge in [-0.25, -0.2) is 0 Å². The van der Waals surface area contributed by atoms with E-state index >= 15 is 0 Å². The van der Waals surface area contributed by atoms with Crippen molar-refractivity contribution in [2.24, 2.45) is 0 Å². The summed E-state index contributed by atoms with van der Waals surface area (Å²) in [7, 11) is 0. The van der Waals surface area contributed by atoms with E-state index in [1.165, 1.54) is 11.3 Å². The summed E-state index contributed by atoms with van der Waals surface area (Å²) < 4.78 is 5.39. The van der Waals surface area contributed by atoms with Crippen LogP contribution in [-0.4, -0.2) is 20.3 Å². The van der Waals surface area contributed by atoms with Crippen molar-refractivity contribution in [3.63, 3.8) is 0 Å². The molecule has 0 aliphatic carbocycles. The standard InChI is InChI=1S/C13H8N4OS/c1-2-4-9-8(3-1)13(16-15-9)11-5-10(17-18-11)12-6-14-7-19-12/h1-7H,(H,15,16). The molecule has 19 heavy (non-hydrogen) atoms. The highest BCUT2D eigenvalue weighted by Crippen LogP contribution is 2.30. The van der Waals surface area contributed by atoms with E-state index in [0.717, 1.165) is 27.2 Å². The Kier molecular flexibility index (Phi) is 2.22. The normalized spacial score (nSPS) is 11.2. The molecule has 0 aliphatic rings. The molecule has 3 aromatic heterocycles. The molecule has 0 fully saturated rings. The number of hydrogen-bond acceptors (Lipinski definition) is 5. The zero-order valence-electron chi connectivity index (χ0n) is 9.70. The van der Waals surface area contributed by atoms with E-state index in [2.05, 4.69) is 20.3 Å². The van der Waals surface area contributed by atoms with Gasteiger partial charge in [0.25, 0.3) is 0 Å². The molecule has 0 saturated heterocycles. The smallest absolute Gasteiger partial charge is 0.188 e. The lowest BCUT2D eigenvalue weighted by Crippen LogP contribution is -1.73. The second-order valence-corrected chi connectivity index (χ2v) is 4.95. The number of H-pyrrole nitrogens is 1. The minimum Gasteiger partial charge on any atom is -0.354 e. The molecule has 1 N–H and O–H groups in total. The topological polar surface area (TPSA) is 67.6 Å². The molecule has 4 aromatic rings. The molecule has 0 unspecified atom stereocenters. The molecule has 5 nitrogen and oxygen atoms in total. The molecule has 0 spiro atoms. The second kappa shape index (κ2) is 4.03. The van der Waals surface area contributed by atoms with Crippen molar-refractivity contribution < 1.29 is 4.52 Å². The first-order valence-corrected chi connectivity index (χ1v) is 6.59. The predicted octanol–water partition coefficient (Wildman–Crippen LogP) is 3.34. The average molecular weight is 268 g/mol. The van der Waals surface area contributed by atoms with Crippen molar-refractivity contribution in [2.45, 2.75) is 0 Å². The molecule has 0 amide bonds. The van der Waals surface area contributed by atoms with Crippen LogP contribution in [0.25, 0.3) is 32.9 Å². The Balaban J connectivity index is 1.85. The Hall–Kier alpha value is -2.47. The number of aromatic nitrogens is 4. The highest BCUT2D eigenvalue weighted by atomic mass is 32.1. The number of benzene rings is 1. The van der Waals surface area contributed by atoms with Crippen molar-refractivity contribution in [1.82, 2.24) is 20.3 Å². The van der Waals surface area contributed by atoms with Gasteiger partial charge in [-0.2, -0.15) is 5.10 Å². The van der Waals surface area contributed by atoms with Crippen LogP contribution in [0.2, 0.25) is 0 Å². The van der Waals surface area contributed by atoms with Gasteiger partial charge in [-0.15, -0.1) is 11.3 Å². The lowest BCUT2D eigenvalue weighted by molar-refractivity contribution is 0.434. The molecule has 92 valence electrons. The Morgan fingerprint density at radius 3 is 3.05 bits per heavy atom. The van der Waals surface area contributed by atoms with Crippen LogP contribution in [0.5, 0.6) is 0 Å². The highest BCUT2D eigenvalue weighted by Gasteiger charge is 2.14. The van der Waals surface area contributed by atoms with E-state index in [4.69, 9.17) is 4.52 Å². The summed E-state index contributed by atoms with van der Waals surface area (Å²) >= 11 is 1.53. The van der Waals surface area contributed by atoms with Gasteiger partial charge in [-0.05, 0) is 6.07 Å². The summed E-state index contributed by atoms with van der Waals surface area (Å²) in [6.45, 7) is 0. The van der Waals surface area contributed by atoms with Crippen LogP contribution >= 0.6 is 11.3 Å². The van der Waals surface area contributed by atoms with Crippen molar-refractivity contribution in [3.8, 4) is 22.0 Å². The first-order chi connectivity index (χ1) is 9.42. The van der Waals surface area contributed by atoms with E-state index in [-0.39, 0.29) is 0 Å². The van der Waals surface area contributed by atoms with Gasteiger partial charge < -0.3 is 4.52 Å². The van der Waals surface area contributed by atoms with Gasteiger partial charge >= 0.3 is 0 Å². The van der Waals surface area contributed by atoms with E-state index < -0.39 is 0 Å². The van der Waals surface area contributed by atoms with Crippen LogP contribution in [0.3, 0.4) is 0 Å². The molecule has 1 aromatic carbocycles. The van der Waals surface area contributed by atoms with Gasteiger partial charge in [-0.1, -0.05) is 23.4 Å². The number of hydrogen-bond donors (Lipinski definition) is 1. The zero-order chi connectivity index (χ0) is 12.7. The molecule has 6 heteroatoms. The maximum absolute atomic E-state index is 5.39. The van der Waals surface area contributed by atoms with Gasteiger partial charge in [-0.3, -0.25) is 10.1 Å². The molecule has 0 atom stereocenters. The van der Waals surface area contributed by atoms with Gasteiger partial charge in [0.15, 0.2) is 5.76 Å². The minimum atomic E-state index is 0.654. The summed E-state index contributed by atoms with van der Waals surface area (Å²) in [5.74, 6) is 0.654. The monoisotopic (exact) mass is 268 g/mol. The van der Waals surface area contributed by atoms with Crippen LogP contribution in [0, 0.1) is 0 Å². The first kappa shape index (κ1) is 10.5. The maximum Gasteiger partial charge on any atom is 0.188 e. The molecular formula is C13H8N4OS. The number of nitrogens with zero attached hydrogens (tertiary/aromatic N) is 3. The maximum atomic E-state index is 5.39. The molecular weight excluding hydrogens is 260 g/mol. The summed E-state index contributed by atoms with van der Waals surface area (Å²) in [6, 6.07) is 9.81. The van der Waals surface area contributed by atoms with Gasteiger partial charge in [0, 0.05) is 17.6 Å². The SMILES string of the molecule is c1ccc2c(-c3cc(-c4cncs4)no3)n[nH]c2c1. The van der Waals surface area contributed by atoms with Crippen LogP contribution in [-0.2, 0) is 0 Å². The van der Waals surface area contributed by atoms with Crippen LogP contribution in [0.1, 0.15) is 0 Å². The summed E-state index contributed by atoms with van der Waals surface area (Å²) in [4.78, 5) is 5.02. The third-order valence-corrected chi connectivity index (χ3v) is 3.69. The fraction of sp³-hybridized carbons (Fsp3) is 0. The fourth-order valence-electron chi connectivity index (χ4n) is 2.00. The number of thiazole rings is 1. The number of para-hydroxylation sites is 1. The summed E-state index contributed by atoms with van der Waals surface area (Å²) in [5, 5.41) is 12.4. The van der Waals surface area contributed by atoms with Crippen molar-refractivity contribution >= 4 is 22.2 Å². The van der Waals surface area contributed by atoms with Crippen LogP contribution in [0.15, 0.2) is 46.6 Å². The van der Waals surface area contributed by atoms with Gasteiger partial charge in [0.2, 0.25) is 0 Å². The Labute approximate surface area is 111 Å². The third-order valence-electron chi connectivity index (χ3n) is 2.90. The van der Waals surface area contributed by atoms with E-state index in [0.29, 0.717) is 5.76 Å². The molecule has 4 rings (SSSR count). The molecule has 0 saturated carbocycles. The predicted molar refractivity (Wildman–Crippen MR) is 72.7 cm³/mol. The van der Waals surface area contributed by atoms with E-state index in [9.17, 15) is 0 Å². The third kappa shape index (κ3) is 1.65. The van der Waals surface area contributed by atoms with E-state index in [1.54, 1.807) is 11.7 Å². The number of nitrogens with one attached hydrogen (secondary N) is 1. The first-order valence-electron chi connectivity index (χ1n) is 5.71.